The second kappa shape index (κ2) is 11.2. The molecular weight excluding hydrogens is 534 g/mol. The molecule has 0 radical (unpaired) electrons. The Balaban J connectivity index is 0.00000400. The maximum Gasteiger partial charge on any atom is 0.416 e. The topological polar surface area (TPSA) is 36.7 Å². The van der Waals surface area contributed by atoms with E-state index in [1.54, 1.807) is 29.2 Å². The third kappa shape index (κ3) is 6.99. The Morgan fingerprint density at radius 3 is 2.05 bits per heavy atom. The number of carbonyl (C=O) groups is 1. The number of nitrogens with zero attached hydrogens (tertiary/aromatic N) is 2. The van der Waals surface area contributed by atoms with Crippen LogP contribution in [0.5, 0.6) is 0 Å². The zero-order chi connectivity index (χ0) is 27.0. The van der Waals surface area contributed by atoms with E-state index in [4.69, 9.17) is 4.42 Å². The monoisotopic (exact) mass is 558 g/mol. The van der Waals surface area contributed by atoms with Crippen molar-refractivity contribution in [3.05, 3.63) is 93.4 Å². The van der Waals surface area contributed by atoms with E-state index in [0.717, 1.165) is 17.1 Å². The number of amides is 1. The minimum atomic E-state index is -4.91. The normalized spacial score (nSPS) is 14.1. The van der Waals surface area contributed by atoms with Gasteiger partial charge in [0.25, 0.3) is 5.91 Å². The van der Waals surface area contributed by atoms with Crippen LogP contribution >= 0.6 is 12.4 Å². The lowest BCUT2D eigenvalue weighted by Gasteiger charge is -2.26. The van der Waals surface area contributed by atoms with Crippen LogP contribution in [0.2, 0.25) is 0 Å². The maximum atomic E-state index is 13.1. The van der Waals surface area contributed by atoms with Crippen molar-refractivity contribution in [1.29, 1.82) is 0 Å². The van der Waals surface area contributed by atoms with Gasteiger partial charge in [-0.15, -0.1) is 12.4 Å². The molecule has 3 aromatic rings. The van der Waals surface area contributed by atoms with Crippen LogP contribution in [0.25, 0.3) is 12.2 Å². The van der Waals surface area contributed by atoms with Crippen molar-refractivity contribution < 1.29 is 35.6 Å². The molecule has 2 aromatic carbocycles. The fourth-order valence-corrected chi connectivity index (χ4v) is 4.14. The van der Waals surface area contributed by atoms with Crippen LogP contribution in [0.3, 0.4) is 0 Å². The number of fused-ring (bicyclic) bond motifs is 1. The van der Waals surface area contributed by atoms with Gasteiger partial charge >= 0.3 is 12.4 Å². The molecule has 0 unspecified atom stereocenters. The summed E-state index contributed by atoms with van der Waals surface area (Å²) >= 11 is 0. The number of rotatable bonds is 5. The predicted molar refractivity (Wildman–Crippen MR) is 134 cm³/mol. The fourth-order valence-electron chi connectivity index (χ4n) is 4.14. The van der Waals surface area contributed by atoms with Crippen LogP contribution in [0.4, 0.5) is 26.3 Å². The highest BCUT2D eigenvalue weighted by atomic mass is 35.5. The molecular formula is C27H25ClF6N2O2. The van der Waals surface area contributed by atoms with E-state index in [0.29, 0.717) is 49.3 Å². The Hall–Kier alpha value is -3.24. The smallest absolute Gasteiger partial charge is 0.416 e. The molecule has 0 spiro atoms. The maximum absolute atomic E-state index is 13.1. The molecule has 1 aromatic heterocycles. The average Bonchev–Trinajstić information content (AvgIpc) is 3.22. The van der Waals surface area contributed by atoms with Crippen LogP contribution in [-0.4, -0.2) is 36.3 Å². The molecule has 1 aliphatic rings. The minimum Gasteiger partial charge on any atom is -0.464 e. The van der Waals surface area contributed by atoms with Gasteiger partial charge in [0.1, 0.15) is 11.5 Å². The number of furan rings is 1. The molecule has 204 valence electrons. The zero-order valence-corrected chi connectivity index (χ0v) is 21.3. The van der Waals surface area contributed by atoms with Gasteiger partial charge in [-0.1, -0.05) is 24.3 Å². The molecule has 0 N–H and O–H groups in total. The molecule has 0 aliphatic carbocycles. The van der Waals surface area contributed by atoms with E-state index in [2.05, 4.69) is 0 Å². The second-order valence-corrected chi connectivity index (χ2v) is 9.17. The molecule has 0 bridgehead atoms. The lowest BCUT2D eigenvalue weighted by Crippen LogP contribution is -2.35. The molecule has 1 amide bonds. The zero-order valence-electron chi connectivity index (χ0n) is 20.5. The first-order valence-corrected chi connectivity index (χ1v) is 11.4. The van der Waals surface area contributed by atoms with Crippen molar-refractivity contribution in [2.75, 3.05) is 20.6 Å². The van der Waals surface area contributed by atoms with Crippen molar-refractivity contribution in [2.24, 2.45) is 0 Å². The van der Waals surface area contributed by atoms with Gasteiger partial charge in [-0.05, 0) is 61.6 Å². The predicted octanol–water partition coefficient (Wildman–Crippen LogP) is 7.17. The Morgan fingerprint density at radius 2 is 1.50 bits per heavy atom. The number of hydrogen-bond donors (Lipinski definition) is 0. The number of carbonyl (C=O) groups excluding carboxylic acids is 1. The minimum absolute atomic E-state index is 0. The molecule has 0 saturated heterocycles. The molecule has 0 saturated carbocycles. The Bertz CT molecular complexity index is 1280. The summed E-state index contributed by atoms with van der Waals surface area (Å²) in [7, 11) is 3.88. The summed E-state index contributed by atoms with van der Waals surface area (Å²) in [6, 6.07) is 9.71. The molecule has 4 nitrogen and oxygen atoms in total. The second-order valence-electron chi connectivity index (χ2n) is 9.17. The summed E-state index contributed by atoms with van der Waals surface area (Å²) < 4.78 is 84.3. The van der Waals surface area contributed by atoms with Crippen LogP contribution in [0, 0.1) is 0 Å². The first kappa shape index (κ1) is 29.3. The largest absolute Gasteiger partial charge is 0.464 e. The van der Waals surface area contributed by atoms with E-state index >= 15 is 0 Å². The summed E-state index contributed by atoms with van der Waals surface area (Å²) in [6.45, 7) is 1.58. The third-order valence-corrected chi connectivity index (χ3v) is 5.91. The van der Waals surface area contributed by atoms with Gasteiger partial charge in [-0.3, -0.25) is 4.79 Å². The summed E-state index contributed by atoms with van der Waals surface area (Å²) in [5.74, 6) is 1.54. The molecule has 0 atom stereocenters. The van der Waals surface area contributed by atoms with E-state index in [1.165, 1.54) is 12.2 Å². The van der Waals surface area contributed by atoms with Gasteiger partial charge in [0.2, 0.25) is 0 Å². The molecule has 2 heterocycles. The van der Waals surface area contributed by atoms with E-state index < -0.39 is 23.5 Å². The highest BCUT2D eigenvalue weighted by Crippen LogP contribution is 2.36. The quantitative estimate of drug-likeness (QED) is 0.246. The van der Waals surface area contributed by atoms with Gasteiger partial charge in [0, 0.05) is 30.6 Å². The van der Waals surface area contributed by atoms with Gasteiger partial charge < -0.3 is 14.2 Å². The summed E-state index contributed by atoms with van der Waals surface area (Å²) in [5.41, 5.74) is -1.07. The Labute approximate surface area is 221 Å². The first-order chi connectivity index (χ1) is 17.3. The number of alkyl halides is 6. The summed E-state index contributed by atoms with van der Waals surface area (Å²) in [5, 5.41) is 0. The standard InChI is InChI=1S/C27H24F6N2O2.ClH/c1-34(2)16-23-13-20-15-35(10-9-24(20)37-23)25(36)19-7-5-17(6-8-19)3-4-18-11-21(26(28,29)30)14-22(12-18)27(31,32)33;/h3-8,11-14H,9-10,15-16H2,1-2H3;1H. The van der Waals surface area contributed by atoms with Crippen LogP contribution in [-0.2, 0) is 31.9 Å². The van der Waals surface area contributed by atoms with Crippen molar-refractivity contribution in [3.8, 4) is 0 Å². The van der Waals surface area contributed by atoms with Crippen molar-refractivity contribution in [2.45, 2.75) is 31.9 Å². The highest BCUT2D eigenvalue weighted by molar-refractivity contribution is 5.94. The van der Waals surface area contributed by atoms with Crippen molar-refractivity contribution >= 4 is 30.5 Å². The molecule has 4 rings (SSSR count). The SMILES string of the molecule is CN(C)Cc1cc2c(o1)CCN(C(=O)c1ccc(C=Cc3cc(C(F)(F)F)cc(C(F)(F)F)c3)cc1)C2.Cl. The van der Waals surface area contributed by atoms with E-state index in [9.17, 15) is 31.1 Å². The summed E-state index contributed by atoms with van der Waals surface area (Å²) in [4.78, 5) is 16.7. The Morgan fingerprint density at radius 1 is 0.921 bits per heavy atom. The molecule has 38 heavy (non-hydrogen) atoms. The van der Waals surface area contributed by atoms with E-state index in [-0.39, 0.29) is 29.9 Å². The molecule has 1 aliphatic heterocycles. The van der Waals surface area contributed by atoms with Gasteiger partial charge in [0.15, 0.2) is 0 Å². The average molecular weight is 559 g/mol. The molecule has 0 fully saturated rings. The van der Waals surface area contributed by atoms with Gasteiger partial charge in [-0.25, -0.2) is 0 Å². The summed E-state index contributed by atoms with van der Waals surface area (Å²) in [6.07, 6.45) is -6.64. The van der Waals surface area contributed by atoms with E-state index in [1.807, 2.05) is 25.1 Å². The Kier molecular flexibility index (Phi) is 8.68. The van der Waals surface area contributed by atoms with Gasteiger partial charge in [0.05, 0.1) is 17.7 Å². The third-order valence-electron chi connectivity index (χ3n) is 5.91. The van der Waals surface area contributed by atoms with Crippen LogP contribution in [0.1, 0.15) is 49.7 Å². The molecule has 11 heteroatoms. The number of benzene rings is 2. The number of halogens is 7. The fraction of sp³-hybridized carbons (Fsp3) is 0.296. The lowest BCUT2D eigenvalue weighted by atomic mass is 10.0. The lowest BCUT2D eigenvalue weighted by molar-refractivity contribution is -0.143. The van der Waals surface area contributed by atoms with Crippen molar-refractivity contribution in [3.63, 3.8) is 0 Å². The first-order valence-electron chi connectivity index (χ1n) is 11.4. The number of hydrogen-bond acceptors (Lipinski definition) is 3. The van der Waals surface area contributed by atoms with Crippen molar-refractivity contribution in [1.82, 2.24) is 9.80 Å². The van der Waals surface area contributed by atoms with Gasteiger partial charge in [-0.2, -0.15) is 26.3 Å². The van der Waals surface area contributed by atoms with Crippen LogP contribution in [0.15, 0.2) is 52.9 Å². The van der Waals surface area contributed by atoms with Crippen LogP contribution < -0.4 is 0 Å². The highest BCUT2D eigenvalue weighted by Gasteiger charge is 2.36.